The van der Waals surface area contributed by atoms with Crippen LogP contribution < -0.4 is 0 Å². The third-order valence-electron chi connectivity index (χ3n) is 5.05. The molecule has 1 aliphatic heterocycles. The smallest absolute Gasteiger partial charge is 0.253 e. The molecule has 0 radical (unpaired) electrons. The maximum Gasteiger partial charge on any atom is 0.253 e. The van der Waals surface area contributed by atoms with E-state index < -0.39 is 10.0 Å². The minimum absolute atomic E-state index is 0.186. The lowest BCUT2D eigenvalue weighted by Crippen LogP contribution is -2.35. The van der Waals surface area contributed by atoms with E-state index in [4.69, 9.17) is 0 Å². The molecule has 6 heteroatoms. The van der Waals surface area contributed by atoms with Crippen molar-refractivity contribution in [3.8, 4) is 0 Å². The molecule has 0 spiro atoms. The number of aryl methyl sites for hydroxylation is 1. The van der Waals surface area contributed by atoms with Crippen molar-refractivity contribution in [2.75, 3.05) is 20.1 Å². The summed E-state index contributed by atoms with van der Waals surface area (Å²) in [5.74, 6) is -0.186. The highest BCUT2D eigenvalue weighted by molar-refractivity contribution is 7.89. The molecule has 0 aliphatic carbocycles. The summed E-state index contributed by atoms with van der Waals surface area (Å²) in [4.78, 5) is 14.6. The fourth-order valence-electron chi connectivity index (χ4n) is 3.38. The van der Waals surface area contributed by atoms with E-state index in [1.54, 1.807) is 30.1 Å². The van der Waals surface area contributed by atoms with Crippen molar-refractivity contribution in [3.63, 3.8) is 0 Å². The van der Waals surface area contributed by atoms with Crippen LogP contribution in [0.4, 0.5) is 0 Å². The van der Waals surface area contributed by atoms with Crippen LogP contribution in [0.5, 0.6) is 0 Å². The first-order valence-electron chi connectivity index (χ1n) is 9.30. The van der Waals surface area contributed by atoms with Crippen LogP contribution >= 0.6 is 0 Å². The molecule has 1 fully saturated rings. The maximum absolute atomic E-state index is 12.9. The molecule has 5 nitrogen and oxygen atoms in total. The molecule has 0 unspecified atom stereocenters. The number of nitrogens with zero attached hydrogens (tertiary/aromatic N) is 2. The van der Waals surface area contributed by atoms with Crippen LogP contribution in [0.2, 0.25) is 0 Å². The molecule has 1 heterocycles. The number of sulfonamides is 1. The number of hydrogen-bond donors (Lipinski definition) is 0. The van der Waals surface area contributed by atoms with Crippen molar-refractivity contribution in [2.24, 2.45) is 0 Å². The van der Waals surface area contributed by atoms with Crippen molar-refractivity contribution in [1.29, 1.82) is 0 Å². The zero-order valence-electron chi connectivity index (χ0n) is 15.9. The molecule has 0 bridgehead atoms. The van der Waals surface area contributed by atoms with Gasteiger partial charge in [0.05, 0.1) is 4.90 Å². The lowest BCUT2D eigenvalue weighted by Gasteiger charge is -2.26. The second-order valence-corrected chi connectivity index (χ2v) is 9.02. The molecule has 2 aromatic rings. The Labute approximate surface area is 161 Å². The third-order valence-corrected chi connectivity index (χ3v) is 6.94. The summed E-state index contributed by atoms with van der Waals surface area (Å²) in [5, 5.41) is 0. The van der Waals surface area contributed by atoms with Gasteiger partial charge in [0.25, 0.3) is 5.91 Å². The van der Waals surface area contributed by atoms with Crippen LogP contribution in [0.3, 0.4) is 0 Å². The van der Waals surface area contributed by atoms with Crippen molar-refractivity contribution in [2.45, 2.75) is 37.6 Å². The monoisotopic (exact) mass is 386 g/mol. The van der Waals surface area contributed by atoms with E-state index in [-0.39, 0.29) is 10.8 Å². The van der Waals surface area contributed by atoms with Gasteiger partial charge in [-0.1, -0.05) is 36.8 Å². The number of amides is 1. The van der Waals surface area contributed by atoms with Gasteiger partial charge in [-0.05, 0) is 49.1 Å². The van der Waals surface area contributed by atoms with Gasteiger partial charge in [-0.3, -0.25) is 4.79 Å². The number of carbonyl (C=O) groups is 1. The molecule has 1 amide bonds. The summed E-state index contributed by atoms with van der Waals surface area (Å²) in [6.07, 6.45) is 2.84. The fourth-order valence-corrected chi connectivity index (χ4v) is 4.94. The van der Waals surface area contributed by atoms with Gasteiger partial charge in [0.1, 0.15) is 0 Å². The largest absolute Gasteiger partial charge is 0.337 e. The molecule has 1 aliphatic rings. The van der Waals surface area contributed by atoms with E-state index in [0.29, 0.717) is 25.2 Å². The molecule has 0 aromatic heterocycles. The van der Waals surface area contributed by atoms with Crippen molar-refractivity contribution in [3.05, 3.63) is 65.2 Å². The number of carbonyl (C=O) groups excluding carboxylic acids is 1. The van der Waals surface area contributed by atoms with Crippen LogP contribution in [0.25, 0.3) is 0 Å². The summed E-state index contributed by atoms with van der Waals surface area (Å²) >= 11 is 0. The Morgan fingerprint density at radius 1 is 1.04 bits per heavy atom. The van der Waals surface area contributed by atoms with Crippen LogP contribution in [0, 0.1) is 6.92 Å². The van der Waals surface area contributed by atoms with Crippen LogP contribution in [0.1, 0.15) is 40.7 Å². The highest BCUT2D eigenvalue weighted by atomic mass is 32.2. The molecule has 0 N–H and O–H groups in total. The molecule has 1 saturated heterocycles. The zero-order valence-corrected chi connectivity index (χ0v) is 16.7. The van der Waals surface area contributed by atoms with E-state index in [9.17, 15) is 13.2 Å². The van der Waals surface area contributed by atoms with Gasteiger partial charge in [-0.25, -0.2) is 8.42 Å². The number of benzene rings is 2. The van der Waals surface area contributed by atoms with Crippen molar-refractivity contribution in [1.82, 2.24) is 9.21 Å². The van der Waals surface area contributed by atoms with Gasteiger partial charge in [0, 0.05) is 32.2 Å². The summed E-state index contributed by atoms with van der Waals surface area (Å²) in [6, 6.07) is 14.3. The van der Waals surface area contributed by atoms with Crippen molar-refractivity contribution < 1.29 is 13.2 Å². The van der Waals surface area contributed by atoms with E-state index in [1.165, 1.54) is 10.4 Å². The van der Waals surface area contributed by atoms with Crippen LogP contribution in [-0.2, 0) is 16.6 Å². The first-order valence-corrected chi connectivity index (χ1v) is 10.7. The topological polar surface area (TPSA) is 57.7 Å². The molecule has 0 saturated carbocycles. The second-order valence-electron chi connectivity index (χ2n) is 7.08. The molecule has 0 atom stereocenters. The Balaban J connectivity index is 1.80. The predicted molar refractivity (Wildman–Crippen MR) is 106 cm³/mol. The normalized spacial score (nSPS) is 15.5. The standard InChI is InChI=1S/C21H26N2O3S/c1-17-9-4-5-10-19(17)16-22(2)21(24)18-11-8-12-20(15-18)27(25,26)23-13-6-3-7-14-23/h4-5,8-12,15H,3,6-7,13-14,16H2,1-2H3. The quantitative estimate of drug-likeness (QED) is 0.791. The first kappa shape index (κ1) is 19.6. The van der Waals surface area contributed by atoms with Gasteiger partial charge >= 0.3 is 0 Å². The summed E-state index contributed by atoms with van der Waals surface area (Å²) in [7, 11) is -1.81. The SMILES string of the molecule is Cc1ccccc1CN(C)C(=O)c1cccc(S(=O)(=O)N2CCCCC2)c1. The number of rotatable bonds is 5. The van der Waals surface area contributed by atoms with Gasteiger partial charge in [0.15, 0.2) is 0 Å². The molecule has 3 rings (SSSR count). The van der Waals surface area contributed by atoms with E-state index in [2.05, 4.69) is 0 Å². The Hall–Kier alpha value is -2.18. The van der Waals surface area contributed by atoms with Gasteiger partial charge in [-0.15, -0.1) is 0 Å². The molecule has 144 valence electrons. The summed E-state index contributed by atoms with van der Waals surface area (Å²) in [5.41, 5.74) is 2.59. The number of piperidine rings is 1. The molecular weight excluding hydrogens is 360 g/mol. The van der Waals surface area contributed by atoms with E-state index in [0.717, 1.165) is 30.4 Å². The first-order chi connectivity index (χ1) is 12.9. The molecular formula is C21H26N2O3S. The maximum atomic E-state index is 12.9. The molecule has 27 heavy (non-hydrogen) atoms. The highest BCUT2D eigenvalue weighted by Gasteiger charge is 2.26. The van der Waals surface area contributed by atoms with Crippen LogP contribution in [-0.4, -0.2) is 43.7 Å². The average molecular weight is 387 g/mol. The third kappa shape index (κ3) is 4.39. The van der Waals surface area contributed by atoms with E-state index in [1.807, 2.05) is 31.2 Å². The Morgan fingerprint density at radius 2 is 1.74 bits per heavy atom. The fraction of sp³-hybridized carbons (Fsp3) is 0.381. The second kappa shape index (κ2) is 8.23. The van der Waals surface area contributed by atoms with Gasteiger partial charge in [-0.2, -0.15) is 4.31 Å². The predicted octanol–water partition coefficient (Wildman–Crippen LogP) is 3.44. The minimum Gasteiger partial charge on any atom is -0.337 e. The number of hydrogen-bond acceptors (Lipinski definition) is 3. The van der Waals surface area contributed by atoms with Crippen LogP contribution in [0.15, 0.2) is 53.4 Å². The lowest BCUT2D eigenvalue weighted by atomic mass is 10.1. The Bertz CT molecular complexity index is 919. The summed E-state index contributed by atoms with van der Waals surface area (Å²) in [6.45, 7) is 3.59. The van der Waals surface area contributed by atoms with Crippen molar-refractivity contribution >= 4 is 15.9 Å². The van der Waals surface area contributed by atoms with E-state index >= 15 is 0 Å². The highest BCUT2D eigenvalue weighted by Crippen LogP contribution is 2.22. The molecule has 2 aromatic carbocycles. The Kier molecular flexibility index (Phi) is 5.97. The van der Waals surface area contributed by atoms with Gasteiger partial charge < -0.3 is 4.90 Å². The minimum atomic E-state index is -3.55. The van der Waals surface area contributed by atoms with Gasteiger partial charge in [0.2, 0.25) is 10.0 Å². The Morgan fingerprint density at radius 3 is 2.44 bits per heavy atom. The zero-order chi connectivity index (χ0) is 19.4. The lowest BCUT2D eigenvalue weighted by molar-refractivity contribution is 0.0784. The average Bonchev–Trinajstić information content (AvgIpc) is 2.70. The summed E-state index contributed by atoms with van der Waals surface area (Å²) < 4.78 is 27.3.